The van der Waals surface area contributed by atoms with Crippen molar-refractivity contribution < 1.29 is 0 Å². The van der Waals surface area contributed by atoms with Crippen molar-refractivity contribution in [2.45, 2.75) is 13.1 Å². The summed E-state index contributed by atoms with van der Waals surface area (Å²) in [6, 6.07) is 40.6. The van der Waals surface area contributed by atoms with E-state index in [0.717, 1.165) is 0 Å². The monoisotopic (exact) mass is 412 g/mol. The van der Waals surface area contributed by atoms with Gasteiger partial charge in [0, 0.05) is 0 Å². The van der Waals surface area contributed by atoms with Gasteiger partial charge in [0.05, 0.1) is 0 Å². The van der Waals surface area contributed by atoms with E-state index in [9.17, 15) is 0 Å². The molecule has 0 aliphatic rings. The van der Waals surface area contributed by atoms with Crippen LogP contribution < -0.4 is 10.4 Å². The van der Waals surface area contributed by atoms with Crippen LogP contribution in [0.3, 0.4) is 0 Å². The Morgan fingerprint density at radius 2 is 0.742 bits per heavy atom. The molecule has 148 valence electrons. The third kappa shape index (κ3) is 2.89. The van der Waals surface area contributed by atoms with Crippen LogP contribution >= 0.6 is 0 Å². The Hall–Kier alpha value is -3.42. The molecule has 0 spiro atoms. The van der Waals surface area contributed by atoms with E-state index in [1.54, 1.807) is 0 Å². The minimum absolute atomic E-state index is 1.31. The number of rotatable bonds is 2. The minimum atomic E-state index is -1.96. The lowest BCUT2D eigenvalue weighted by molar-refractivity contribution is 1.73. The van der Waals surface area contributed by atoms with Gasteiger partial charge < -0.3 is 0 Å². The maximum atomic E-state index is 2.50. The predicted octanol–water partition coefficient (Wildman–Crippen LogP) is 7.12. The zero-order chi connectivity index (χ0) is 21.0. The number of hydrogen-bond acceptors (Lipinski definition) is 0. The Kier molecular flexibility index (Phi) is 4.02. The van der Waals surface area contributed by atoms with Gasteiger partial charge >= 0.3 is 0 Å². The Bertz CT molecular complexity index is 1490. The van der Waals surface area contributed by atoms with Crippen LogP contribution in [0, 0.1) is 0 Å². The van der Waals surface area contributed by atoms with Crippen LogP contribution in [0.5, 0.6) is 0 Å². The molecule has 0 N–H and O–H groups in total. The second kappa shape index (κ2) is 6.80. The van der Waals surface area contributed by atoms with E-state index >= 15 is 0 Å². The summed E-state index contributed by atoms with van der Waals surface area (Å²) in [5.41, 5.74) is 0. The van der Waals surface area contributed by atoms with Gasteiger partial charge in [-0.25, -0.2) is 0 Å². The van der Waals surface area contributed by atoms with Gasteiger partial charge in [-0.05, 0) is 77.7 Å². The maximum absolute atomic E-state index is 2.50. The highest BCUT2D eigenvalue weighted by molar-refractivity contribution is 7.03. The first kappa shape index (κ1) is 18.4. The van der Waals surface area contributed by atoms with Gasteiger partial charge in [-0.3, -0.25) is 0 Å². The molecule has 0 nitrogen and oxygen atoms in total. The van der Waals surface area contributed by atoms with Gasteiger partial charge in [-0.2, -0.15) is 0 Å². The highest BCUT2D eigenvalue weighted by atomic mass is 28.3. The van der Waals surface area contributed by atoms with E-state index in [-0.39, 0.29) is 0 Å². The van der Waals surface area contributed by atoms with Crippen molar-refractivity contribution in [2.75, 3.05) is 0 Å². The molecule has 0 atom stereocenters. The number of fused-ring (bicyclic) bond motifs is 4. The van der Waals surface area contributed by atoms with Crippen LogP contribution in [0.15, 0.2) is 109 Å². The summed E-state index contributed by atoms with van der Waals surface area (Å²) >= 11 is 0. The molecule has 0 amide bonds. The standard InChI is InChI=1S/C30H24Si/c1-31(2,29-15-7-13-25-17-21-9-3-5-11-23(21)19-27(25)29)30-16-8-14-26-18-22-10-4-6-12-24(22)20-28(26)30/h3-20H,1-2H3. The van der Waals surface area contributed by atoms with Crippen molar-refractivity contribution in [1.29, 1.82) is 0 Å². The van der Waals surface area contributed by atoms with Crippen LogP contribution in [0.4, 0.5) is 0 Å². The molecule has 31 heavy (non-hydrogen) atoms. The van der Waals surface area contributed by atoms with E-state index in [4.69, 9.17) is 0 Å². The van der Waals surface area contributed by atoms with Gasteiger partial charge in [0.2, 0.25) is 0 Å². The van der Waals surface area contributed by atoms with Crippen LogP contribution in [-0.4, -0.2) is 8.07 Å². The van der Waals surface area contributed by atoms with E-state index in [1.807, 2.05) is 0 Å². The van der Waals surface area contributed by atoms with Crippen LogP contribution in [0.1, 0.15) is 0 Å². The summed E-state index contributed by atoms with van der Waals surface area (Å²) in [5, 5.41) is 13.7. The molecule has 0 aliphatic carbocycles. The fourth-order valence-electron chi connectivity index (χ4n) is 5.17. The van der Waals surface area contributed by atoms with Crippen molar-refractivity contribution in [3.05, 3.63) is 109 Å². The molecular formula is C30H24Si. The van der Waals surface area contributed by atoms with E-state index in [1.165, 1.54) is 53.5 Å². The number of benzene rings is 6. The summed E-state index contributed by atoms with van der Waals surface area (Å²) in [4.78, 5) is 0. The maximum Gasteiger partial charge on any atom is 0.113 e. The van der Waals surface area contributed by atoms with E-state index in [2.05, 4.69) is 122 Å². The van der Waals surface area contributed by atoms with Gasteiger partial charge in [0.25, 0.3) is 0 Å². The molecule has 1 heteroatoms. The minimum Gasteiger partial charge on any atom is -0.0620 e. The quantitative estimate of drug-likeness (QED) is 0.210. The molecule has 0 aliphatic heterocycles. The van der Waals surface area contributed by atoms with E-state index in [0.29, 0.717) is 0 Å². The second-order valence-electron chi connectivity index (χ2n) is 9.08. The van der Waals surface area contributed by atoms with E-state index < -0.39 is 8.07 Å². The fraction of sp³-hybridized carbons (Fsp3) is 0.0667. The van der Waals surface area contributed by atoms with Gasteiger partial charge in [0.15, 0.2) is 0 Å². The van der Waals surface area contributed by atoms with Crippen molar-refractivity contribution in [3.63, 3.8) is 0 Å². The molecule has 6 aromatic rings. The summed E-state index contributed by atoms with van der Waals surface area (Å²) in [6.07, 6.45) is 0. The molecule has 6 aromatic carbocycles. The van der Waals surface area contributed by atoms with Crippen LogP contribution in [0.25, 0.3) is 43.1 Å². The zero-order valence-corrected chi connectivity index (χ0v) is 18.9. The highest BCUT2D eigenvalue weighted by Gasteiger charge is 2.29. The molecular weight excluding hydrogens is 388 g/mol. The van der Waals surface area contributed by atoms with Gasteiger partial charge in [-0.15, -0.1) is 0 Å². The highest BCUT2D eigenvalue weighted by Crippen LogP contribution is 2.26. The summed E-state index contributed by atoms with van der Waals surface area (Å²) < 4.78 is 0. The largest absolute Gasteiger partial charge is 0.113 e. The summed E-state index contributed by atoms with van der Waals surface area (Å²) in [6.45, 7) is 5.00. The Balaban J connectivity index is 1.64. The third-order valence-corrected chi connectivity index (χ3v) is 10.4. The first-order chi connectivity index (χ1) is 15.1. The molecule has 0 heterocycles. The molecule has 0 aromatic heterocycles. The first-order valence-electron chi connectivity index (χ1n) is 11.0. The Morgan fingerprint density at radius 1 is 0.387 bits per heavy atom. The summed E-state index contributed by atoms with van der Waals surface area (Å²) in [7, 11) is -1.96. The van der Waals surface area contributed by atoms with Gasteiger partial charge in [0.1, 0.15) is 8.07 Å². The smallest absolute Gasteiger partial charge is 0.0620 e. The van der Waals surface area contributed by atoms with Gasteiger partial charge in [-0.1, -0.05) is 98.0 Å². The Morgan fingerprint density at radius 3 is 1.16 bits per heavy atom. The topological polar surface area (TPSA) is 0 Å². The Labute approximate surface area is 183 Å². The lowest BCUT2D eigenvalue weighted by atomic mass is 10.0. The van der Waals surface area contributed by atoms with Crippen LogP contribution in [-0.2, 0) is 0 Å². The first-order valence-corrected chi connectivity index (χ1v) is 14.0. The molecule has 0 unspecified atom stereocenters. The number of hydrogen-bond donors (Lipinski definition) is 0. The van der Waals surface area contributed by atoms with Crippen molar-refractivity contribution in [1.82, 2.24) is 0 Å². The lowest BCUT2D eigenvalue weighted by Crippen LogP contribution is -2.53. The summed E-state index contributed by atoms with van der Waals surface area (Å²) in [5.74, 6) is 0. The molecule has 0 saturated carbocycles. The fourth-order valence-corrected chi connectivity index (χ4v) is 8.26. The molecule has 0 fully saturated rings. The predicted molar refractivity (Wildman–Crippen MR) is 140 cm³/mol. The third-order valence-electron chi connectivity index (χ3n) is 6.84. The zero-order valence-electron chi connectivity index (χ0n) is 17.9. The average molecular weight is 413 g/mol. The lowest BCUT2D eigenvalue weighted by Gasteiger charge is -2.27. The molecule has 6 rings (SSSR count). The van der Waals surface area contributed by atoms with Crippen molar-refractivity contribution >= 4 is 61.5 Å². The molecule has 0 bridgehead atoms. The second-order valence-corrected chi connectivity index (χ2v) is 13.4. The molecule has 0 saturated heterocycles. The van der Waals surface area contributed by atoms with Crippen molar-refractivity contribution in [2.24, 2.45) is 0 Å². The normalized spacial score (nSPS) is 12.2. The van der Waals surface area contributed by atoms with Crippen molar-refractivity contribution in [3.8, 4) is 0 Å². The molecule has 0 radical (unpaired) electrons. The SMILES string of the molecule is C[Si](C)(c1cccc2cc3ccccc3cc12)c1cccc2cc3ccccc3cc12. The average Bonchev–Trinajstić information content (AvgIpc) is 2.80. The van der Waals surface area contributed by atoms with Crippen LogP contribution in [0.2, 0.25) is 13.1 Å².